The number of piperidine rings is 1. The molecule has 0 N–H and O–H groups in total. The molecule has 1 aromatic rings. The molecule has 2 aliphatic rings. The third kappa shape index (κ3) is 3.43. The maximum atomic E-state index is 12.9. The van der Waals surface area contributed by atoms with E-state index in [0.717, 1.165) is 19.4 Å². The van der Waals surface area contributed by atoms with Crippen LogP contribution in [0.3, 0.4) is 0 Å². The van der Waals surface area contributed by atoms with Crippen molar-refractivity contribution in [3.8, 4) is 11.5 Å². The minimum Gasteiger partial charge on any atom is -0.497 e. The van der Waals surface area contributed by atoms with Gasteiger partial charge < -0.3 is 19.3 Å². The fourth-order valence-corrected chi connectivity index (χ4v) is 3.77. The van der Waals surface area contributed by atoms with E-state index in [1.807, 2.05) is 4.90 Å². The number of rotatable bonds is 4. The summed E-state index contributed by atoms with van der Waals surface area (Å²) in [5.74, 6) is 1.03. The van der Waals surface area contributed by atoms with Crippen molar-refractivity contribution in [3.05, 3.63) is 18.2 Å². The lowest BCUT2D eigenvalue weighted by Gasteiger charge is -2.35. The van der Waals surface area contributed by atoms with Crippen molar-refractivity contribution in [1.29, 1.82) is 0 Å². The Hall–Kier alpha value is -2.24. The van der Waals surface area contributed by atoms with Crippen LogP contribution in [-0.2, 0) is 9.59 Å². The van der Waals surface area contributed by atoms with E-state index >= 15 is 0 Å². The quantitative estimate of drug-likeness (QED) is 0.840. The zero-order valence-corrected chi connectivity index (χ0v) is 15.2. The molecule has 0 saturated carbocycles. The number of likely N-dealkylation sites (tertiary alicyclic amines) is 1. The molecule has 25 heavy (non-hydrogen) atoms. The van der Waals surface area contributed by atoms with E-state index in [0.29, 0.717) is 23.7 Å². The highest BCUT2D eigenvalue weighted by Crippen LogP contribution is 2.36. The molecular weight excluding hydrogens is 320 g/mol. The molecule has 2 saturated heterocycles. The van der Waals surface area contributed by atoms with Crippen molar-refractivity contribution in [2.45, 2.75) is 38.6 Å². The predicted molar refractivity (Wildman–Crippen MR) is 95.0 cm³/mol. The Morgan fingerprint density at radius 3 is 2.68 bits per heavy atom. The number of benzene rings is 1. The highest BCUT2D eigenvalue weighted by atomic mass is 16.5. The number of nitrogens with zero attached hydrogens (tertiary/aromatic N) is 2. The second kappa shape index (κ2) is 7.33. The first-order valence-corrected chi connectivity index (χ1v) is 8.88. The van der Waals surface area contributed by atoms with Crippen molar-refractivity contribution in [1.82, 2.24) is 4.90 Å². The zero-order chi connectivity index (χ0) is 18.0. The van der Waals surface area contributed by atoms with Gasteiger partial charge in [-0.25, -0.2) is 0 Å². The van der Waals surface area contributed by atoms with Crippen LogP contribution < -0.4 is 14.4 Å². The molecule has 0 aliphatic carbocycles. The lowest BCUT2D eigenvalue weighted by atomic mass is 9.99. The Labute approximate surface area is 148 Å². The van der Waals surface area contributed by atoms with E-state index in [4.69, 9.17) is 9.47 Å². The minimum atomic E-state index is -0.288. The van der Waals surface area contributed by atoms with Crippen LogP contribution in [0.25, 0.3) is 0 Å². The van der Waals surface area contributed by atoms with Gasteiger partial charge in [0.1, 0.15) is 11.5 Å². The predicted octanol–water partition coefficient (Wildman–Crippen LogP) is 2.46. The summed E-state index contributed by atoms with van der Waals surface area (Å²) in [4.78, 5) is 29.1. The molecule has 136 valence electrons. The van der Waals surface area contributed by atoms with Gasteiger partial charge in [-0.05, 0) is 38.3 Å². The first-order valence-electron chi connectivity index (χ1n) is 8.88. The maximum absolute atomic E-state index is 12.9. The average molecular weight is 346 g/mol. The summed E-state index contributed by atoms with van der Waals surface area (Å²) in [6.07, 6.45) is 3.51. The van der Waals surface area contributed by atoms with Crippen molar-refractivity contribution in [2.24, 2.45) is 5.92 Å². The van der Waals surface area contributed by atoms with Gasteiger partial charge in [0.2, 0.25) is 11.8 Å². The number of amides is 2. The molecule has 1 aromatic carbocycles. The van der Waals surface area contributed by atoms with Gasteiger partial charge in [-0.3, -0.25) is 9.59 Å². The third-order valence-corrected chi connectivity index (χ3v) is 5.24. The Kier molecular flexibility index (Phi) is 5.16. The van der Waals surface area contributed by atoms with Gasteiger partial charge in [-0.15, -0.1) is 0 Å². The number of ether oxygens (including phenoxy) is 2. The summed E-state index contributed by atoms with van der Waals surface area (Å²) < 4.78 is 10.7. The summed E-state index contributed by atoms with van der Waals surface area (Å²) in [6, 6.07) is 5.62. The van der Waals surface area contributed by atoms with Crippen molar-refractivity contribution < 1.29 is 19.1 Å². The number of anilines is 1. The van der Waals surface area contributed by atoms with Crippen LogP contribution in [0.1, 0.15) is 32.6 Å². The van der Waals surface area contributed by atoms with Gasteiger partial charge >= 0.3 is 0 Å². The van der Waals surface area contributed by atoms with E-state index in [-0.39, 0.29) is 30.2 Å². The second-order valence-corrected chi connectivity index (χ2v) is 6.82. The van der Waals surface area contributed by atoms with Crippen molar-refractivity contribution in [3.63, 3.8) is 0 Å². The summed E-state index contributed by atoms with van der Waals surface area (Å²) in [5.41, 5.74) is 0.661. The Morgan fingerprint density at radius 1 is 1.20 bits per heavy atom. The van der Waals surface area contributed by atoms with Crippen LogP contribution in [0, 0.1) is 5.92 Å². The first-order chi connectivity index (χ1) is 12.0. The zero-order valence-electron chi connectivity index (χ0n) is 15.2. The Balaban J connectivity index is 1.80. The molecule has 6 heteroatoms. The largest absolute Gasteiger partial charge is 0.497 e. The molecule has 2 atom stereocenters. The molecule has 2 amide bonds. The first kappa shape index (κ1) is 17.6. The van der Waals surface area contributed by atoms with Crippen LogP contribution in [0.2, 0.25) is 0 Å². The molecular formula is C19H26N2O4. The van der Waals surface area contributed by atoms with Gasteiger partial charge in [-0.2, -0.15) is 0 Å². The number of hydrogen-bond donors (Lipinski definition) is 0. The lowest BCUT2D eigenvalue weighted by molar-refractivity contribution is -0.139. The normalized spacial score (nSPS) is 23.7. The van der Waals surface area contributed by atoms with E-state index in [1.54, 1.807) is 37.3 Å². The topological polar surface area (TPSA) is 59.1 Å². The van der Waals surface area contributed by atoms with Gasteiger partial charge in [0.25, 0.3) is 0 Å². The summed E-state index contributed by atoms with van der Waals surface area (Å²) in [5, 5.41) is 0. The van der Waals surface area contributed by atoms with Crippen molar-refractivity contribution in [2.75, 3.05) is 32.2 Å². The van der Waals surface area contributed by atoms with Gasteiger partial charge in [0, 0.05) is 31.6 Å². The van der Waals surface area contributed by atoms with Crippen LogP contribution in [0.15, 0.2) is 18.2 Å². The molecule has 2 unspecified atom stereocenters. The summed E-state index contributed by atoms with van der Waals surface area (Å²) in [7, 11) is 3.16. The minimum absolute atomic E-state index is 0.0467. The van der Waals surface area contributed by atoms with Gasteiger partial charge in [0.15, 0.2) is 0 Å². The van der Waals surface area contributed by atoms with E-state index < -0.39 is 0 Å². The molecule has 3 rings (SSSR count). The highest BCUT2D eigenvalue weighted by Gasteiger charge is 2.39. The van der Waals surface area contributed by atoms with Gasteiger partial charge in [0.05, 0.1) is 25.8 Å². The van der Waals surface area contributed by atoms with E-state index in [9.17, 15) is 9.59 Å². The molecule has 2 heterocycles. The number of carbonyl (C=O) groups is 2. The van der Waals surface area contributed by atoms with Crippen molar-refractivity contribution >= 4 is 17.5 Å². The molecule has 0 radical (unpaired) electrons. The van der Waals surface area contributed by atoms with Crippen LogP contribution in [0.4, 0.5) is 5.69 Å². The summed E-state index contributed by atoms with van der Waals surface area (Å²) >= 11 is 0. The molecule has 0 aromatic heterocycles. The van der Waals surface area contributed by atoms with Gasteiger partial charge in [-0.1, -0.05) is 0 Å². The molecule has 6 nitrogen and oxygen atoms in total. The Morgan fingerprint density at radius 2 is 2.00 bits per heavy atom. The molecule has 2 fully saturated rings. The SMILES string of the molecule is COc1ccc(OC)c(N2CC(C(=O)N3CCCCC3C)CC2=O)c1. The van der Waals surface area contributed by atoms with Crippen LogP contribution in [-0.4, -0.2) is 50.1 Å². The van der Waals surface area contributed by atoms with E-state index in [2.05, 4.69) is 6.92 Å². The summed E-state index contributed by atoms with van der Waals surface area (Å²) in [6.45, 7) is 3.29. The average Bonchev–Trinajstić information content (AvgIpc) is 3.02. The monoisotopic (exact) mass is 346 g/mol. The lowest BCUT2D eigenvalue weighted by Crippen LogP contribution is -2.45. The second-order valence-electron chi connectivity index (χ2n) is 6.82. The molecule has 0 spiro atoms. The third-order valence-electron chi connectivity index (χ3n) is 5.24. The number of carbonyl (C=O) groups excluding carboxylic acids is 2. The Bertz CT molecular complexity index is 661. The number of methoxy groups -OCH3 is 2. The fourth-order valence-electron chi connectivity index (χ4n) is 3.77. The number of hydrogen-bond acceptors (Lipinski definition) is 4. The van der Waals surface area contributed by atoms with Crippen LogP contribution in [0.5, 0.6) is 11.5 Å². The molecule has 0 bridgehead atoms. The maximum Gasteiger partial charge on any atom is 0.228 e. The van der Waals surface area contributed by atoms with Crippen LogP contribution >= 0.6 is 0 Å². The molecule has 2 aliphatic heterocycles. The fraction of sp³-hybridized carbons (Fsp3) is 0.579. The van der Waals surface area contributed by atoms with E-state index in [1.165, 1.54) is 6.42 Å². The smallest absolute Gasteiger partial charge is 0.228 e. The standard InChI is InChI=1S/C19H26N2O4/c1-13-6-4-5-9-20(13)19(23)14-10-18(22)21(12-14)16-11-15(24-2)7-8-17(16)25-3/h7-8,11,13-14H,4-6,9-10,12H2,1-3H3. The highest BCUT2D eigenvalue weighted by molar-refractivity contribution is 6.01.